The number of benzene rings is 1. The Balaban J connectivity index is 2.09. The van der Waals surface area contributed by atoms with Crippen molar-refractivity contribution >= 4 is 5.97 Å². The third-order valence-electron chi connectivity index (χ3n) is 2.11. The highest BCUT2D eigenvalue weighted by molar-refractivity contribution is 5.71. The quantitative estimate of drug-likeness (QED) is 0.428. The summed E-state index contributed by atoms with van der Waals surface area (Å²) in [5.74, 6) is 0.285. The maximum absolute atomic E-state index is 11.3. The van der Waals surface area contributed by atoms with Gasteiger partial charge in [0, 0.05) is 6.54 Å². The van der Waals surface area contributed by atoms with Gasteiger partial charge in [-0.2, -0.15) is 0 Å². The third kappa shape index (κ3) is 6.71. The Morgan fingerprint density at radius 3 is 2.59 bits per heavy atom. The normalized spacial score (nSPS) is 10.5. The van der Waals surface area contributed by atoms with Crippen molar-refractivity contribution in [3.05, 3.63) is 35.9 Å². The molecule has 0 fully saturated rings. The fraction of sp³-hybridized carbons (Fsp3) is 0.462. The second-order valence-corrected chi connectivity index (χ2v) is 4.27. The molecular formula is C13H20N2O2. The number of carbonyl (C=O) groups excluding carboxylic acids is 1. The van der Waals surface area contributed by atoms with E-state index in [1.807, 2.05) is 30.3 Å². The molecule has 1 aromatic carbocycles. The molecule has 0 unspecified atom stereocenters. The molecule has 0 saturated carbocycles. The van der Waals surface area contributed by atoms with Gasteiger partial charge < -0.3 is 4.74 Å². The molecule has 0 heterocycles. The lowest BCUT2D eigenvalue weighted by molar-refractivity contribution is -0.144. The van der Waals surface area contributed by atoms with Crippen LogP contribution in [0, 0.1) is 5.92 Å². The standard InChI is InChI=1S/C13H20N2O2/c1-11(2)8-14-15-9-13(16)17-10-12-6-4-3-5-7-12/h3-7,11,14-15H,8-10H2,1-2H3. The van der Waals surface area contributed by atoms with Gasteiger partial charge in [0.1, 0.15) is 13.2 Å². The zero-order chi connectivity index (χ0) is 12.5. The molecule has 4 nitrogen and oxygen atoms in total. The van der Waals surface area contributed by atoms with Gasteiger partial charge in [0.2, 0.25) is 0 Å². The smallest absolute Gasteiger partial charge is 0.321 e. The summed E-state index contributed by atoms with van der Waals surface area (Å²) >= 11 is 0. The Labute approximate surface area is 102 Å². The topological polar surface area (TPSA) is 50.4 Å². The van der Waals surface area contributed by atoms with Crippen molar-refractivity contribution in [3.8, 4) is 0 Å². The van der Waals surface area contributed by atoms with Crippen LogP contribution in [0.3, 0.4) is 0 Å². The number of hydrogen-bond acceptors (Lipinski definition) is 4. The Hall–Kier alpha value is -1.39. The summed E-state index contributed by atoms with van der Waals surface area (Å²) in [4.78, 5) is 11.3. The predicted molar refractivity (Wildman–Crippen MR) is 67.1 cm³/mol. The molecule has 0 bridgehead atoms. The average Bonchev–Trinajstić information content (AvgIpc) is 2.33. The number of carbonyl (C=O) groups is 1. The van der Waals surface area contributed by atoms with Crippen LogP contribution in [0.2, 0.25) is 0 Å². The Morgan fingerprint density at radius 2 is 1.94 bits per heavy atom. The van der Waals surface area contributed by atoms with Gasteiger partial charge in [-0.25, -0.2) is 5.43 Å². The molecule has 1 aromatic rings. The number of nitrogens with one attached hydrogen (secondary N) is 2. The monoisotopic (exact) mass is 236 g/mol. The van der Waals surface area contributed by atoms with Crippen LogP contribution in [0.1, 0.15) is 19.4 Å². The fourth-order valence-electron chi connectivity index (χ4n) is 1.20. The van der Waals surface area contributed by atoms with E-state index in [1.165, 1.54) is 0 Å². The lowest BCUT2D eigenvalue weighted by Gasteiger charge is -2.09. The summed E-state index contributed by atoms with van der Waals surface area (Å²) < 4.78 is 5.09. The van der Waals surface area contributed by atoms with E-state index in [1.54, 1.807) is 0 Å². The van der Waals surface area contributed by atoms with Gasteiger partial charge in [-0.05, 0) is 11.5 Å². The lowest BCUT2D eigenvalue weighted by Crippen LogP contribution is -2.38. The molecule has 0 spiro atoms. The largest absolute Gasteiger partial charge is 0.460 e. The van der Waals surface area contributed by atoms with Crippen LogP contribution in [0.25, 0.3) is 0 Å². The molecule has 94 valence electrons. The molecular weight excluding hydrogens is 216 g/mol. The molecule has 0 aliphatic rings. The van der Waals surface area contributed by atoms with E-state index < -0.39 is 0 Å². The predicted octanol–water partition coefficient (Wildman–Crippen LogP) is 1.48. The molecule has 1 rings (SSSR count). The highest BCUT2D eigenvalue weighted by Gasteiger charge is 2.02. The molecule has 0 radical (unpaired) electrons. The minimum absolute atomic E-state index is 0.180. The minimum Gasteiger partial charge on any atom is -0.460 e. The number of ether oxygens (including phenoxy) is 1. The van der Waals surface area contributed by atoms with Gasteiger partial charge in [-0.3, -0.25) is 10.2 Å². The van der Waals surface area contributed by atoms with Gasteiger partial charge in [0.05, 0.1) is 0 Å². The number of hydrazine groups is 1. The van der Waals surface area contributed by atoms with E-state index >= 15 is 0 Å². The Kier molecular flexibility index (Phi) is 6.29. The number of rotatable bonds is 7. The average molecular weight is 236 g/mol. The van der Waals surface area contributed by atoms with Crippen LogP contribution in [0.4, 0.5) is 0 Å². The maximum atomic E-state index is 11.3. The van der Waals surface area contributed by atoms with Crippen LogP contribution in [-0.2, 0) is 16.1 Å². The van der Waals surface area contributed by atoms with Gasteiger partial charge in [-0.15, -0.1) is 0 Å². The summed E-state index contributed by atoms with van der Waals surface area (Å²) in [6.07, 6.45) is 0. The van der Waals surface area contributed by atoms with Gasteiger partial charge in [0.25, 0.3) is 0 Å². The van der Waals surface area contributed by atoms with Crippen LogP contribution < -0.4 is 10.9 Å². The summed E-state index contributed by atoms with van der Waals surface area (Å²) in [6.45, 7) is 5.53. The van der Waals surface area contributed by atoms with Crippen LogP contribution in [0.15, 0.2) is 30.3 Å². The van der Waals surface area contributed by atoms with E-state index in [4.69, 9.17) is 4.74 Å². The summed E-state index contributed by atoms with van der Waals surface area (Å²) in [7, 11) is 0. The van der Waals surface area contributed by atoms with Crippen molar-refractivity contribution in [2.45, 2.75) is 20.5 Å². The first kappa shape index (κ1) is 13.7. The second kappa shape index (κ2) is 7.81. The second-order valence-electron chi connectivity index (χ2n) is 4.27. The molecule has 2 N–H and O–H groups in total. The third-order valence-corrected chi connectivity index (χ3v) is 2.11. The fourth-order valence-corrected chi connectivity index (χ4v) is 1.20. The van der Waals surface area contributed by atoms with Crippen LogP contribution >= 0.6 is 0 Å². The highest BCUT2D eigenvalue weighted by atomic mass is 16.5. The van der Waals surface area contributed by atoms with E-state index in [9.17, 15) is 4.79 Å². The minimum atomic E-state index is -0.259. The lowest BCUT2D eigenvalue weighted by atomic mass is 10.2. The van der Waals surface area contributed by atoms with Crippen molar-refractivity contribution in [1.29, 1.82) is 0 Å². The summed E-state index contributed by atoms with van der Waals surface area (Å²) in [5.41, 5.74) is 6.79. The zero-order valence-electron chi connectivity index (χ0n) is 10.4. The molecule has 0 atom stereocenters. The molecule has 0 amide bonds. The van der Waals surface area contributed by atoms with E-state index in [0.29, 0.717) is 12.5 Å². The molecule has 17 heavy (non-hydrogen) atoms. The Morgan fingerprint density at radius 1 is 1.24 bits per heavy atom. The van der Waals surface area contributed by atoms with E-state index in [0.717, 1.165) is 12.1 Å². The highest BCUT2D eigenvalue weighted by Crippen LogP contribution is 2.00. The molecule has 4 heteroatoms. The number of hydrogen-bond donors (Lipinski definition) is 2. The van der Waals surface area contributed by atoms with E-state index in [2.05, 4.69) is 24.7 Å². The number of esters is 1. The maximum Gasteiger partial charge on any atom is 0.321 e. The van der Waals surface area contributed by atoms with Crippen molar-refractivity contribution in [3.63, 3.8) is 0 Å². The van der Waals surface area contributed by atoms with Crippen molar-refractivity contribution in [1.82, 2.24) is 10.9 Å². The molecule has 0 aliphatic heterocycles. The first-order chi connectivity index (χ1) is 8.18. The summed E-state index contributed by atoms with van der Waals surface area (Å²) in [5, 5.41) is 0. The van der Waals surface area contributed by atoms with Crippen molar-refractivity contribution < 1.29 is 9.53 Å². The van der Waals surface area contributed by atoms with Crippen LogP contribution in [0.5, 0.6) is 0 Å². The van der Waals surface area contributed by atoms with Gasteiger partial charge in [-0.1, -0.05) is 44.2 Å². The molecule has 0 saturated heterocycles. The first-order valence-corrected chi connectivity index (χ1v) is 5.83. The van der Waals surface area contributed by atoms with Crippen molar-refractivity contribution in [2.75, 3.05) is 13.1 Å². The van der Waals surface area contributed by atoms with Gasteiger partial charge in [0.15, 0.2) is 0 Å². The SMILES string of the molecule is CC(C)CNNCC(=O)OCc1ccccc1. The molecule has 0 aliphatic carbocycles. The zero-order valence-corrected chi connectivity index (χ0v) is 10.4. The summed E-state index contributed by atoms with van der Waals surface area (Å²) in [6, 6.07) is 9.63. The van der Waals surface area contributed by atoms with Crippen molar-refractivity contribution in [2.24, 2.45) is 5.92 Å². The van der Waals surface area contributed by atoms with E-state index in [-0.39, 0.29) is 12.5 Å². The van der Waals surface area contributed by atoms with Gasteiger partial charge >= 0.3 is 5.97 Å². The molecule has 0 aromatic heterocycles. The Bertz CT molecular complexity index is 325. The van der Waals surface area contributed by atoms with Crippen LogP contribution in [-0.4, -0.2) is 19.1 Å². The first-order valence-electron chi connectivity index (χ1n) is 5.83.